The minimum absolute atomic E-state index is 0.240. The molecule has 1 aromatic carbocycles. The molecule has 12 heavy (non-hydrogen) atoms. The summed E-state index contributed by atoms with van der Waals surface area (Å²) in [7, 11) is 0. The third kappa shape index (κ3) is 1.28. The van der Waals surface area contributed by atoms with E-state index in [0.717, 1.165) is 11.3 Å². The van der Waals surface area contributed by atoms with E-state index in [1.165, 1.54) is 0 Å². The smallest absolute Gasteiger partial charge is 0.142 e. The Morgan fingerprint density at radius 2 is 2.08 bits per heavy atom. The third-order valence-electron chi connectivity index (χ3n) is 1.93. The second-order valence-electron chi connectivity index (χ2n) is 2.86. The van der Waals surface area contributed by atoms with Gasteiger partial charge in [-0.2, -0.15) is 0 Å². The second kappa shape index (κ2) is 2.89. The fourth-order valence-electron chi connectivity index (χ4n) is 1.32. The Bertz CT molecular complexity index is 341. The first kappa shape index (κ1) is 7.22. The lowest BCUT2D eigenvalue weighted by Gasteiger charge is -1.98. The number of fused-ring (bicyclic) bond motifs is 1. The molecule has 0 amide bonds. The van der Waals surface area contributed by atoms with E-state index in [4.69, 9.17) is 0 Å². The summed E-state index contributed by atoms with van der Waals surface area (Å²) in [6, 6.07) is 7.76. The minimum Gasteiger partial charge on any atom is -0.299 e. The Kier molecular flexibility index (Phi) is 1.74. The number of para-hydroxylation sites is 1. The Morgan fingerprint density at radius 1 is 1.25 bits per heavy atom. The molecule has 2 rings (SSSR count). The topological polar surface area (TPSA) is 29.4 Å². The summed E-state index contributed by atoms with van der Waals surface area (Å²) in [5.74, 6) is 0.240. The maximum absolute atomic E-state index is 11.2. The van der Waals surface area contributed by atoms with Crippen molar-refractivity contribution in [2.75, 3.05) is 0 Å². The molecule has 0 N–H and O–H groups in total. The number of ketones is 1. The SMILES string of the molecule is O=C1CC=Nc2ccccc2C1. The molecule has 0 atom stereocenters. The van der Waals surface area contributed by atoms with E-state index in [1.54, 1.807) is 6.21 Å². The van der Waals surface area contributed by atoms with Crippen LogP contribution in [0.2, 0.25) is 0 Å². The molecule has 0 unspecified atom stereocenters. The minimum atomic E-state index is 0.240. The zero-order valence-corrected chi connectivity index (χ0v) is 6.66. The van der Waals surface area contributed by atoms with Crippen LogP contribution >= 0.6 is 0 Å². The predicted molar refractivity (Wildman–Crippen MR) is 47.9 cm³/mol. The van der Waals surface area contributed by atoms with Gasteiger partial charge in [-0.1, -0.05) is 18.2 Å². The highest BCUT2D eigenvalue weighted by Crippen LogP contribution is 2.21. The fourth-order valence-corrected chi connectivity index (χ4v) is 1.32. The number of carbonyl (C=O) groups excluding carboxylic acids is 1. The number of Topliss-reactive ketones (excluding diaryl/α,β-unsaturated/α-hetero) is 1. The van der Waals surface area contributed by atoms with E-state index in [0.29, 0.717) is 12.8 Å². The first-order chi connectivity index (χ1) is 5.86. The van der Waals surface area contributed by atoms with Crippen LogP contribution in [0.25, 0.3) is 0 Å². The molecule has 0 bridgehead atoms. The number of nitrogens with zero attached hydrogens (tertiary/aromatic N) is 1. The van der Waals surface area contributed by atoms with E-state index in [2.05, 4.69) is 4.99 Å². The van der Waals surface area contributed by atoms with Crippen LogP contribution in [-0.4, -0.2) is 12.0 Å². The molecule has 0 radical (unpaired) electrons. The monoisotopic (exact) mass is 159 g/mol. The molecule has 1 aliphatic heterocycles. The van der Waals surface area contributed by atoms with E-state index >= 15 is 0 Å². The maximum Gasteiger partial charge on any atom is 0.142 e. The van der Waals surface area contributed by atoms with Crippen LogP contribution in [0.3, 0.4) is 0 Å². The van der Waals surface area contributed by atoms with Gasteiger partial charge in [0.25, 0.3) is 0 Å². The maximum atomic E-state index is 11.2. The lowest BCUT2D eigenvalue weighted by molar-refractivity contribution is -0.117. The first-order valence-electron chi connectivity index (χ1n) is 3.98. The molecule has 0 fully saturated rings. The summed E-state index contributed by atoms with van der Waals surface area (Å²) < 4.78 is 0. The van der Waals surface area contributed by atoms with Crippen LogP contribution in [0.4, 0.5) is 5.69 Å². The van der Waals surface area contributed by atoms with Gasteiger partial charge in [-0.3, -0.25) is 9.79 Å². The van der Waals surface area contributed by atoms with Crippen molar-refractivity contribution in [3.05, 3.63) is 29.8 Å². The number of benzene rings is 1. The first-order valence-corrected chi connectivity index (χ1v) is 3.98. The normalized spacial score (nSPS) is 15.5. The van der Waals surface area contributed by atoms with Crippen LogP contribution in [0.1, 0.15) is 12.0 Å². The summed E-state index contributed by atoms with van der Waals surface area (Å²) >= 11 is 0. The molecule has 0 aromatic heterocycles. The van der Waals surface area contributed by atoms with Crippen molar-refractivity contribution in [1.29, 1.82) is 0 Å². The Hall–Kier alpha value is -1.44. The molecular weight excluding hydrogens is 150 g/mol. The van der Waals surface area contributed by atoms with E-state index in [9.17, 15) is 4.79 Å². The highest BCUT2D eigenvalue weighted by Gasteiger charge is 2.08. The van der Waals surface area contributed by atoms with Gasteiger partial charge < -0.3 is 0 Å². The van der Waals surface area contributed by atoms with Gasteiger partial charge in [0.05, 0.1) is 5.69 Å². The number of aliphatic imine (C=N–C) groups is 1. The zero-order chi connectivity index (χ0) is 8.39. The quantitative estimate of drug-likeness (QED) is 0.568. The fraction of sp³-hybridized carbons (Fsp3) is 0.200. The van der Waals surface area contributed by atoms with Gasteiger partial charge in [0.15, 0.2) is 0 Å². The number of hydrogen-bond donors (Lipinski definition) is 0. The molecule has 0 spiro atoms. The molecule has 2 nitrogen and oxygen atoms in total. The molecule has 1 aromatic rings. The highest BCUT2D eigenvalue weighted by molar-refractivity contribution is 5.95. The van der Waals surface area contributed by atoms with Gasteiger partial charge in [-0.05, 0) is 11.6 Å². The summed E-state index contributed by atoms with van der Waals surface area (Å²) in [4.78, 5) is 15.3. The molecule has 0 aliphatic carbocycles. The van der Waals surface area contributed by atoms with Gasteiger partial charge in [0.2, 0.25) is 0 Å². The van der Waals surface area contributed by atoms with Crippen LogP contribution in [0.15, 0.2) is 29.3 Å². The van der Waals surface area contributed by atoms with Crippen LogP contribution in [0, 0.1) is 0 Å². The van der Waals surface area contributed by atoms with Crippen molar-refractivity contribution in [2.24, 2.45) is 4.99 Å². The Morgan fingerprint density at radius 3 is 3.00 bits per heavy atom. The van der Waals surface area contributed by atoms with E-state index in [1.807, 2.05) is 24.3 Å². The van der Waals surface area contributed by atoms with Crippen molar-refractivity contribution >= 4 is 17.7 Å². The van der Waals surface area contributed by atoms with Crippen LogP contribution in [0.5, 0.6) is 0 Å². The van der Waals surface area contributed by atoms with Crippen LogP contribution in [-0.2, 0) is 11.2 Å². The molecule has 0 saturated heterocycles. The van der Waals surface area contributed by atoms with Gasteiger partial charge >= 0.3 is 0 Å². The summed E-state index contributed by atoms with van der Waals surface area (Å²) in [5.41, 5.74) is 1.97. The molecule has 2 heteroatoms. The molecule has 1 heterocycles. The Balaban J connectivity index is 2.48. The second-order valence-corrected chi connectivity index (χ2v) is 2.86. The van der Waals surface area contributed by atoms with Crippen molar-refractivity contribution in [3.8, 4) is 0 Å². The molecule has 0 saturated carbocycles. The third-order valence-corrected chi connectivity index (χ3v) is 1.93. The van der Waals surface area contributed by atoms with Crippen LogP contribution < -0.4 is 0 Å². The summed E-state index contributed by atoms with van der Waals surface area (Å²) in [5, 5.41) is 0. The zero-order valence-electron chi connectivity index (χ0n) is 6.66. The average molecular weight is 159 g/mol. The predicted octanol–water partition coefficient (Wildman–Crippen LogP) is 1.90. The van der Waals surface area contributed by atoms with Crippen molar-refractivity contribution < 1.29 is 4.79 Å². The Labute approximate surface area is 70.9 Å². The van der Waals surface area contributed by atoms with Crippen molar-refractivity contribution in [2.45, 2.75) is 12.8 Å². The van der Waals surface area contributed by atoms with E-state index < -0.39 is 0 Å². The summed E-state index contributed by atoms with van der Waals surface area (Å²) in [6.45, 7) is 0. The lowest BCUT2D eigenvalue weighted by atomic mass is 10.1. The average Bonchev–Trinajstić information content (AvgIpc) is 2.25. The van der Waals surface area contributed by atoms with Crippen molar-refractivity contribution in [1.82, 2.24) is 0 Å². The standard InChI is InChI=1S/C10H9NO/c12-9-5-6-11-10-4-2-1-3-8(10)7-9/h1-4,6H,5,7H2. The van der Waals surface area contributed by atoms with Gasteiger partial charge in [0.1, 0.15) is 5.78 Å². The summed E-state index contributed by atoms with van der Waals surface area (Å²) in [6.07, 6.45) is 2.68. The largest absolute Gasteiger partial charge is 0.299 e. The van der Waals surface area contributed by atoms with E-state index in [-0.39, 0.29) is 5.78 Å². The molecule has 60 valence electrons. The number of rotatable bonds is 0. The number of hydrogen-bond acceptors (Lipinski definition) is 2. The lowest BCUT2D eigenvalue weighted by Crippen LogP contribution is -2.00. The van der Waals surface area contributed by atoms with Gasteiger partial charge in [0, 0.05) is 19.1 Å². The molecular formula is C10H9NO. The van der Waals surface area contributed by atoms with Crippen molar-refractivity contribution in [3.63, 3.8) is 0 Å². The molecule has 1 aliphatic rings. The highest BCUT2D eigenvalue weighted by atomic mass is 16.1. The number of carbonyl (C=O) groups is 1. The van der Waals surface area contributed by atoms with Gasteiger partial charge in [-0.15, -0.1) is 0 Å². The van der Waals surface area contributed by atoms with Gasteiger partial charge in [-0.25, -0.2) is 0 Å².